The molecule has 1 unspecified atom stereocenters. The molecule has 1 aromatic carbocycles. The van der Waals surface area contributed by atoms with E-state index in [1.54, 1.807) is 18.2 Å². The van der Waals surface area contributed by atoms with Crippen molar-refractivity contribution in [3.8, 4) is 0 Å². The fourth-order valence-corrected chi connectivity index (χ4v) is 1.98. The molecule has 2 rings (SSSR count). The minimum absolute atomic E-state index is 0. The first-order valence-electron chi connectivity index (χ1n) is 6.72. The molecule has 0 aliphatic heterocycles. The van der Waals surface area contributed by atoms with E-state index in [9.17, 15) is 4.79 Å². The molecule has 112 valence electrons. The average Bonchev–Trinajstić information content (AvgIpc) is 2.46. The molecule has 1 amide bonds. The third-order valence-electron chi connectivity index (χ3n) is 3.09. The Kier molecular flexibility index (Phi) is 6.69. The lowest BCUT2D eigenvalue weighted by molar-refractivity contribution is 0.0933. The zero-order chi connectivity index (χ0) is 14.4. The Morgan fingerprint density at radius 3 is 2.57 bits per heavy atom. The van der Waals surface area contributed by atoms with Crippen molar-refractivity contribution >= 4 is 24.1 Å². The molecule has 1 atom stereocenters. The SMILES string of the molecule is CC(CCc1ccccc1)NC(=O)c1cccc(N)n1.Cl. The zero-order valence-corrected chi connectivity index (χ0v) is 12.8. The number of nitrogens with zero attached hydrogens (tertiary/aromatic N) is 1. The summed E-state index contributed by atoms with van der Waals surface area (Å²) in [6.45, 7) is 1.99. The highest BCUT2D eigenvalue weighted by atomic mass is 35.5. The topological polar surface area (TPSA) is 68.0 Å². The van der Waals surface area contributed by atoms with E-state index in [4.69, 9.17) is 5.73 Å². The maximum Gasteiger partial charge on any atom is 0.270 e. The molecule has 0 radical (unpaired) electrons. The molecule has 1 heterocycles. The third-order valence-corrected chi connectivity index (χ3v) is 3.09. The number of nitrogens with two attached hydrogens (primary N) is 1. The van der Waals surface area contributed by atoms with Crippen LogP contribution < -0.4 is 11.1 Å². The molecule has 4 nitrogen and oxygen atoms in total. The molecule has 3 N–H and O–H groups in total. The van der Waals surface area contributed by atoms with E-state index in [0.29, 0.717) is 11.5 Å². The average molecular weight is 306 g/mol. The molecule has 1 aromatic heterocycles. The number of nitrogens with one attached hydrogen (secondary N) is 1. The molecule has 0 saturated heterocycles. The van der Waals surface area contributed by atoms with Crippen LogP contribution in [0.2, 0.25) is 0 Å². The first-order chi connectivity index (χ1) is 9.65. The summed E-state index contributed by atoms with van der Waals surface area (Å²) in [6.07, 6.45) is 1.82. The Balaban J connectivity index is 0.00000220. The van der Waals surface area contributed by atoms with Crippen molar-refractivity contribution in [3.63, 3.8) is 0 Å². The number of carbonyl (C=O) groups excluding carboxylic acids is 1. The van der Waals surface area contributed by atoms with Crippen LogP contribution in [0.5, 0.6) is 0 Å². The van der Waals surface area contributed by atoms with Crippen molar-refractivity contribution in [2.45, 2.75) is 25.8 Å². The van der Waals surface area contributed by atoms with Crippen LogP contribution in [0, 0.1) is 0 Å². The predicted octanol–water partition coefficient (Wildman–Crippen LogP) is 2.84. The van der Waals surface area contributed by atoms with Gasteiger partial charge in [-0.15, -0.1) is 12.4 Å². The van der Waals surface area contributed by atoms with Gasteiger partial charge in [0.05, 0.1) is 0 Å². The van der Waals surface area contributed by atoms with Crippen molar-refractivity contribution in [1.29, 1.82) is 0 Å². The number of carbonyl (C=O) groups is 1. The van der Waals surface area contributed by atoms with E-state index >= 15 is 0 Å². The van der Waals surface area contributed by atoms with Gasteiger partial charge in [0, 0.05) is 6.04 Å². The summed E-state index contributed by atoms with van der Waals surface area (Å²) in [7, 11) is 0. The van der Waals surface area contributed by atoms with Crippen molar-refractivity contribution < 1.29 is 4.79 Å². The van der Waals surface area contributed by atoms with Crippen molar-refractivity contribution in [3.05, 3.63) is 59.8 Å². The number of amides is 1. The van der Waals surface area contributed by atoms with Crippen molar-refractivity contribution in [2.75, 3.05) is 5.73 Å². The number of aryl methyl sites for hydroxylation is 1. The quantitative estimate of drug-likeness (QED) is 0.892. The van der Waals surface area contributed by atoms with Crippen LogP contribution in [-0.4, -0.2) is 16.9 Å². The molecule has 0 fully saturated rings. The summed E-state index contributed by atoms with van der Waals surface area (Å²) >= 11 is 0. The van der Waals surface area contributed by atoms with E-state index < -0.39 is 0 Å². The second kappa shape index (κ2) is 8.27. The van der Waals surface area contributed by atoms with Gasteiger partial charge in [0.25, 0.3) is 5.91 Å². The molecule has 21 heavy (non-hydrogen) atoms. The molecule has 5 heteroatoms. The number of nitrogen functional groups attached to an aromatic ring is 1. The highest BCUT2D eigenvalue weighted by Crippen LogP contribution is 2.06. The first kappa shape index (κ1) is 17.0. The molecule has 2 aromatic rings. The number of hydrogen-bond acceptors (Lipinski definition) is 3. The van der Waals surface area contributed by atoms with Crippen LogP contribution in [0.15, 0.2) is 48.5 Å². The summed E-state index contributed by atoms with van der Waals surface area (Å²) in [5.41, 5.74) is 7.20. The third kappa shape index (κ3) is 5.44. The largest absolute Gasteiger partial charge is 0.384 e. The van der Waals surface area contributed by atoms with E-state index in [1.165, 1.54) is 5.56 Å². The normalized spacial score (nSPS) is 11.3. The Morgan fingerprint density at radius 1 is 1.19 bits per heavy atom. The second-order valence-corrected chi connectivity index (χ2v) is 4.85. The van der Waals surface area contributed by atoms with E-state index in [2.05, 4.69) is 22.4 Å². The fourth-order valence-electron chi connectivity index (χ4n) is 1.98. The van der Waals surface area contributed by atoms with Crippen LogP contribution in [0.25, 0.3) is 0 Å². The van der Waals surface area contributed by atoms with E-state index in [-0.39, 0.29) is 24.4 Å². The number of hydrogen-bond donors (Lipinski definition) is 2. The fraction of sp³-hybridized carbons (Fsp3) is 0.250. The maximum atomic E-state index is 12.0. The van der Waals surface area contributed by atoms with Crippen LogP contribution in [0.4, 0.5) is 5.82 Å². The molecule has 0 bridgehead atoms. The standard InChI is InChI=1S/C16H19N3O.ClH/c1-12(10-11-13-6-3-2-4-7-13)18-16(20)14-8-5-9-15(17)19-14;/h2-9,12H,10-11H2,1H3,(H2,17,19)(H,18,20);1H. The number of halogens is 1. The van der Waals surface area contributed by atoms with Gasteiger partial charge >= 0.3 is 0 Å². The van der Waals surface area contributed by atoms with Gasteiger partial charge in [-0.25, -0.2) is 4.98 Å². The highest BCUT2D eigenvalue weighted by Gasteiger charge is 2.11. The van der Waals surface area contributed by atoms with Gasteiger partial charge in [0.2, 0.25) is 0 Å². The number of pyridine rings is 1. The number of aromatic nitrogens is 1. The van der Waals surface area contributed by atoms with Crippen LogP contribution in [0.3, 0.4) is 0 Å². The molecule has 0 aliphatic carbocycles. The molecule has 0 spiro atoms. The Bertz CT molecular complexity index is 575. The molecule has 0 saturated carbocycles. The molecular weight excluding hydrogens is 286 g/mol. The lowest BCUT2D eigenvalue weighted by Gasteiger charge is -2.13. The van der Waals surface area contributed by atoms with Gasteiger partial charge in [-0.1, -0.05) is 36.4 Å². The smallest absolute Gasteiger partial charge is 0.270 e. The van der Waals surface area contributed by atoms with Gasteiger partial charge in [0.1, 0.15) is 11.5 Å². The second-order valence-electron chi connectivity index (χ2n) is 4.85. The summed E-state index contributed by atoms with van der Waals surface area (Å²) in [5.74, 6) is 0.174. The first-order valence-corrected chi connectivity index (χ1v) is 6.72. The summed E-state index contributed by atoms with van der Waals surface area (Å²) in [5, 5.41) is 2.94. The summed E-state index contributed by atoms with van der Waals surface area (Å²) in [4.78, 5) is 16.0. The van der Waals surface area contributed by atoms with Crippen LogP contribution >= 0.6 is 12.4 Å². The predicted molar refractivity (Wildman–Crippen MR) is 87.6 cm³/mol. The highest BCUT2D eigenvalue weighted by molar-refractivity contribution is 5.92. The lowest BCUT2D eigenvalue weighted by atomic mass is 10.1. The number of benzene rings is 1. The van der Waals surface area contributed by atoms with Gasteiger partial charge < -0.3 is 11.1 Å². The van der Waals surface area contributed by atoms with E-state index in [1.807, 2.05) is 25.1 Å². The van der Waals surface area contributed by atoms with Crippen molar-refractivity contribution in [2.24, 2.45) is 0 Å². The van der Waals surface area contributed by atoms with Gasteiger partial charge in [0.15, 0.2) is 0 Å². The van der Waals surface area contributed by atoms with Crippen LogP contribution in [0.1, 0.15) is 29.4 Å². The van der Waals surface area contributed by atoms with Gasteiger partial charge in [-0.3, -0.25) is 4.79 Å². The van der Waals surface area contributed by atoms with Crippen LogP contribution in [-0.2, 0) is 6.42 Å². The number of rotatable bonds is 5. The lowest BCUT2D eigenvalue weighted by Crippen LogP contribution is -2.33. The van der Waals surface area contributed by atoms with Gasteiger partial charge in [-0.2, -0.15) is 0 Å². The Hall–Kier alpha value is -2.07. The molecule has 0 aliphatic rings. The Morgan fingerprint density at radius 2 is 1.90 bits per heavy atom. The number of anilines is 1. The Labute approximate surface area is 131 Å². The maximum absolute atomic E-state index is 12.0. The monoisotopic (exact) mass is 305 g/mol. The summed E-state index contributed by atoms with van der Waals surface area (Å²) < 4.78 is 0. The molecular formula is C16H20ClN3O. The zero-order valence-electron chi connectivity index (χ0n) is 12.0. The van der Waals surface area contributed by atoms with Crippen molar-refractivity contribution in [1.82, 2.24) is 10.3 Å². The summed E-state index contributed by atoms with van der Waals surface area (Å²) in [6, 6.07) is 15.4. The van der Waals surface area contributed by atoms with E-state index in [0.717, 1.165) is 12.8 Å². The minimum atomic E-state index is -0.183. The minimum Gasteiger partial charge on any atom is -0.384 e. The van der Waals surface area contributed by atoms with Gasteiger partial charge in [-0.05, 0) is 37.5 Å².